The van der Waals surface area contributed by atoms with Crippen LogP contribution in [0.4, 0.5) is 10.5 Å². The van der Waals surface area contributed by atoms with Crippen molar-refractivity contribution in [1.29, 1.82) is 0 Å². The maximum absolute atomic E-state index is 12.3. The molecule has 0 saturated heterocycles. The first-order chi connectivity index (χ1) is 11.9. The van der Waals surface area contributed by atoms with E-state index < -0.39 is 0 Å². The fraction of sp³-hybridized carbons (Fsp3) is 0.474. The van der Waals surface area contributed by atoms with E-state index >= 15 is 0 Å². The standard InChI is InChI=1S/C19H27N5O/c1-19(2)16(14-8-6-5-7-9-14)17(19)22-18(25)21-15-12-20-24(13-15)11-10-23(3)4/h5-9,12-13,16-17H,10-11H2,1-4H3,(H2,21,22,25)/t16-,17-/m1/s1. The fourth-order valence-electron chi connectivity index (χ4n) is 3.35. The molecule has 1 aromatic heterocycles. The number of benzene rings is 1. The van der Waals surface area contributed by atoms with Crippen LogP contribution in [0.15, 0.2) is 42.7 Å². The second-order valence-electron chi connectivity index (χ2n) is 7.58. The summed E-state index contributed by atoms with van der Waals surface area (Å²) in [7, 11) is 4.05. The Morgan fingerprint density at radius 1 is 1.28 bits per heavy atom. The van der Waals surface area contributed by atoms with E-state index in [-0.39, 0.29) is 17.5 Å². The zero-order chi connectivity index (χ0) is 18.0. The van der Waals surface area contributed by atoms with E-state index in [2.05, 4.69) is 46.6 Å². The van der Waals surface area contributed by atoms with Gasteiger partial charge in [0, 0.05) is 24.7 Å². The van der Waals surface area contributed by atoms with Crippen molar-refractivity contribution < 1.29 is 4.79 Å². The van der Waals surface area contributed by atoms with E-state index in [0.717, 1.165) is 13.1 Å². The molecule has 1 heterocycles. The number of nitrogens with zero attached hydrogens (tertiary/aromatic N) is 3. The van der Waals surface area contributed by atoms with Gasteiger partial charge in [-0.1, -0.05) is 44.2 Å². The summed E-state index contributed by atoms with van der Waals surface area (Å²) < 4.78 is 1.84. The van der Waals surface area contributed by atoms with Gasteiger partial charge in [0.15, 0.2) is 0 Å². The number of amides is 2. The van der Waals surface area contributed by atoms with E-state index in [9.17, 15) is 4.79 Å². The van der Waals surface area contributed by atoms with Gasteiger partial charge >= 0.3 is 6.03 Å². The first kappa shape index (κ1) is 17.5. The summed E-state index contributed by atoms with van der Waals surface area (Å²) >= 11 is 0. The van der Waals surface area contributed by atoms with Crippen LogP contribution in [0.25, 0.3) is 0 Å². The highest BCUT2D eigenvalue weighted by Gasteiger charge is 2.59. The summed E-state index contributed by atoms with van der Waals surface area (Å²) in [6.07, 6.45) is 3.54. The molecule has 2 aromatic rings. The van der Waals surface area contributed by atoms with Gasteiger partial charge in [-0.05, 0) is 25.1 Å². The zero-order valence-corrected chi connectivity index (χ0v) is 15.4. The molecule has 1 aliphatic carbocycles. The highest BCUT2D eigenvalue weighted by atomic mass is 16.2. The summed E-state index contributed by atoms with van der Waals surface area (Å²) in [6.45, 7) is 6.08. The first-order valence-corrected chi connectivity index (χ1v) is 8.67. The summed E-state index contributed by atoms with van der Waals surface area (Å²) in [6, 6.07) is 10.3. The number of likely N-dealkylation sites (N-methyl/N-ethyl adjacent to an activating group) is 1. The molecule has 0 unspecified atom stereocenters. The Labute approximate surface area is 149 Å². The van der Waals surface area contributed by atoms with Gasteiger partial charge < -0.3 is 15.5 Å². The molecule has 2 atom stereocenters. The average molecular weight is 341 g/mol. The molecule has 1 fully saturated rings. The third kappa shape index (κ3) is 4.02. The average Bonchev–Trinajstić information content (AvgIpc) is 2.90. The number of anilines is 1. The van der Waals surface area contributed by atoms with Crippen molar-refractivity contribution in [2.45, 2.75) is 32.4 Å². The van der Waals surface area contributed by atoms with Gasteiger partial charge in [-0.3, -0.25) is 4.68 Å². The molecule has 1 aromatic carbocycles. The van der Waals surface area contributed by atoms with Crippen molar-refractivity contribution in [2.75, 3.05) is 26.0 Å². The number of aromatic nitrogens is 2. The third-order valence-corrected chi connectivity index (χ3v) is 4.94. The van der Waals surface area contributed by atoms with Gasteiger partial charge in [0.1, 0.15) is 0 Å². The van der Waals surface area contributed by atoms with Crippen LogP contribution in [0.3, 0.4) is 0 Å². The number of urea groups is 1. The Hall–Kier alpha value is -2.34. The highest BCUT2D eigenvalue weighted by molar-refractivity contribution is 5.89. The molecule has 0 spiro atoms. The predicted octanol–water partition coefficient (Wildman–Crippen LogP) is 2.76. The van der Waals surface area contributed by atoms with Gasteiger partial charge in [-0.2, -0.15) is 5.10 Å². The fourth-order valence-corrected chi connectivity index (χ4v) is 3.35. The van der Waals surface area contributed by atoms with Crippen molar-refractivity contribution in [2.24, 2.45) is 5.41 Å². The second kappa shape index (κ2) is 6.88. The summed E-state index contributed by atoms with van der Waals surface area (Å²) in [5.41, 5.74) is 2.05. The Morgan fingerprint density at radius 3 is 2.68 bits per heavy atom. The largest absolute Gasteiger partial charge is 0.334 e. The molecule has 6 nitrogen and oxygen atoms in total. The van der Waals surface area contributed by atoms with Gasteiger partial charge in [0.05, 0.1) is 18.4 Å². The smallest absolute Gasteiger partial charge is 0.319 e. The zero-order valence-electron chi connectivity index (χ0n) is 15.4. The molecule has 134 valence electrons. The number of hydrogen-bond donors (Lipinski definition) is 2. The molecule has 25 heavy (non-hydrogen) atoms. The van der Waals surface area contributed by atoms with Gasteiger partial charge in [-0.15, -0.1) is 0 Å². The number of carbonyl (C=O) groups excluding carboxylic acids is 1. The SMILES string of the molecule is CN(C)CCn1cc(NC(=O)N[C@@H]2[C@@H](c3ccccc3)C2(C)C)cn1. The quantitative estimate of drug-likeness (QED) is 0.849. The van der Waals surface area contributed by atoms with Crippen LogP contribution >= 0.6 is 0 Å². The Kier molecular flexibility index (Phi) is 4.81. The Bertz CT molecular complexity index is 722. The molecule has 0 bridgehead atoms. The number of carbonyl (C=O) groups is 1. The lowest BCUT2D eigenvalue weighted by molar-refractivity contribution is 0.250. The van der Waals surface area contributed by atoms with Crippen molar-refractivity contribution in [3.05, 3.63) is 48.3 Å². The monoisotopic (exact) mass is 341 g/mol. The first-order valence-electron chi connectivity index (χ1n) is 8.67. The van der Waals surface area contributed by atoms with Crippen LogP contribution in [-0.2, 0) is 6.54 Å². The van der Waals surface area contributed by atoms with Gasteiger partial charge in [-0.25, -0.2) is 4.79 Å². The summed E-state index contributed by atoms with van der Waals surface area (Å²) in [5.74, 6) is 0.349. The molecule has 0 aliphatic heterocycles. The van der Waals surface area contributed by atoms with Gasteiger partial charge in [0.2, 0.25) is 0 Å². The van der Waals surface area contributed by atoms with Crippen LogP contribution < -0.4 is 10.6 Å². The normalized spacial score (nSPS) is 21.2. The van der Waals surface area contributed by atoms with Crippen LogP contribution in [0.2, 0.25) is 0 Å². The van der Waals surface area contributed by atoms with E-state index in [1.165, 1.54) is 5.56 Å². The maximum atomic E-state index is 12.3. The van der Waals surface area contributed by atoms with Crippen LogP contribution in [0.1, 0.15) is 25.3 Å². The van der Waals surface area contributed by atoms with E-state index in [1.54, 1.807) is 6.20 Å². The van der Waals surface area contributed by atoms with Crippen molar-refractivity contribution in [3.63, 3.8) is 0 Å². The molecule has 1 aliphatic rings. The lowest BCUT2D eigenvalue weighted by atomic mass is 10.0. The number of hydrogen-bond acceptors (Lipinski definition) is 3. The second-order valence-corrected chi connectivity index (χ2v) is 7.58. The van der Waals surface area contributed by atoms with Crippen LogP contribution in [0, 0.1) is 5.41 Å². The topological polar surface area (TPSA) is 62.2 Å². The molecule has 6 heteroatoms. The minimum Gasteiger partial charge on any atom is -0.334 e. The van der Waals surface area contributed by atoms with Crippen molar-refractivity contribution in [3.8, 4) is 0 Å². The third-order valence-electron chi connectivity index (χ3n) is 4.94. The summed E-state index contributed by atoms with van der Waals surface area (Å²) in [5, 5.41) is 10.3. The lowest BCUT2D eigenvalue weighted by Gasteiger charge is -2.09. The van der Waals surface area contributed by atoms with E-state index in [0.29, 0.717) is 11.6 Å². The number of nitrogens with one attached hydrogen (secondary N) is 2. The van der Waals surface area contributed by atoms with Gasteiger partial charge in [0.25, 0.3) is 0 Å². The molecule has 2 amide bonds. The predicted molar refractivity (Wildman–Crippen MR) is 99.7 cm³/mol. The van der Waals surface area contributed by atoms with E-state index in [1.807, 2.05) is 43.2 Å². The molecule has 1 saturated carbocycles. The Balaban J connectivity index is 1.55. The Morgan fingerprint density at radius 2 is 2.00 bits per heavy atom. The van der Waals surface area contributed by atoms with Crippen LogP contribution in [-0.4, -0.2) is 47.4 Å². The van der Waals surface area contributed by atoms with E-state index in [4.69, 9.17) is 0 Å². The lowest BCUT2D eigenvalue weighted by Crippen LogP contribution is -2.33. The molecular weight excluding hydrogens is 314 g/mol. The minimum absolute atomic E-state index is 0.0641. The molecule has 3 rings (SSSR count). The minimum atomic E-state index is -0.177. The van der Waals surface area contributed by atoms with Crippen LogP contribution in [0.5, 0.6) is 0 Å². The number of rotatable bonds is 6. The highest BCUT2D eigenvalue weighted by Crippen LogP contribution is 2.58. The molecule has 0 radical (unpaired) electrons. The van der Waals surface area contributed by atoms with Crippen molar-refractivity contribution >= 4 is 11.7 Å². The molecule has 2 N–H and O–H groups in total. The summed E-state index contributed by atoms with van der Waals surface area (Å²) in [4.78, 5) is 14.4. The molecular formula is C19H27N5O. The van der Waals surface area contributed by atoms with Crippen molar-refractivity contribution in [1.82, 2.24) is 20.0 Å². The maximum Gasteiger partial charge on any atom is 0.319 e.